The highest BCUT2D eigenvalue weighted by atomic mass is 19.1. The number of fused-ring (bicyclic) bond motifs is 3. The Bertz CT molecular complexity index is 2740. The summed E-state index contributed by atoms with van der Waals surface area (Å²) in [6.07, 6.45) is 7.05. The molecule has 7 aromatic carbocycles. The van der Waals surface area contributed by atoms with Crippen LogP contribution in [0.2, 0.25) is 0 Å². The average molecular weight is 644 g/mol. The number of anilines is 3. The van der Waals surface area contributed by atoms with Gasteiger partial charge >= 0.3 is 0 Å². The van der Waals surface area contributed by atoms with Crippen LogP contribution in [0.25, 0.3) is 61.5 Å². The van der Waals surface area contributed by atoms with Crippen LogP contribution in [0.3, 0.4) is 0 Å². The second-order valence-electron chi connectivity index (χ2n) is 13.0. The number of para-hydroxylation sites is 2. The molecule has 10 rings (SSSR count). The van der Waals surface area contributed by atoms with E-state index >= 15 is 4.39 Å². The van der Waals surface area contributed by atoms with Crippen LogP contribution in [0, 0.1) is 5.82 Å². The van der Waals surface area contributed by atoms with E-state index in [-0.39, 0.29) is 5.82 Å². The third-order valence-corrected chi connectivity index (χ3v) is 10.0. The standard InChI is InChI=1S/C46H30FN3/c47-40-12-4-5-13-41(40)50(44-15-6-7-24-48-44)37-22-21-33-28-35-25-30(18-23-38(35)39(33)29-37)16-17-31-26-34-20-19-32-9-8-14-42-45(32)46(34)43(27-31)49(42)36-10-2-1-3-11-36/h1-27,29H,28H2/b17-16+. The fourth-order valence-electron chi connectivity index (χ4n) is 7.81. The van der Waals surface area contributed by atoms with Crippen LogP contribution in [0.5, 0.6) is 0 Å². The molecule has 9 aromatic rings. The minimum absolute atomic E-state index is 0.291. The number of pyridine rings is 1. The first-order chi connectivity index (χ1) is 24.7. The van der Waals surface area contributed by atoms with Gasteiger partial charge in [-0.3, -0.25) is 4.90 Å². The van der Waals surface area contributed by atoms with Crippen molar-refractivity contribution >= 4 is 61.9 Å². The van der Waals surface area contributed by atoms with E-state index in [1.54, 1.807) is 18.3 Å². The summed E-state index contributed by atoms with van der Waals surface area (Å²) in [5.74, 6) is 0.380. The van der Waals surface area contributed by atoms with Crippen LogP contribution in [-0.2, 0) is 6.42 Å². The molecule has 2 heterocycles. The fraction of sp³-hybridized carbons (Fsp3) is 0.0217. The van der Waals surface area contributed by atoms with Gasteiger partial charge in [0.2, 0.25) is 0 Å². The van der Waals surface area contributed by atoms with Gasteiger partial charge < -0.3 is 4.57 Å². The summed E-state index contributed by atoms with van der Waals surface area (Å²) in [6, 6.07) is 52.0. The number of nitrogens with zero attached hydrogens (tertiary/aromatic N) is 3. The SMILES string of the molecule is Fc1ccccc1N(c1ccc2c(c1)-c1ccc(/C=C/c3cc4ccc5cccc6c5c4c(c3)n6-c3ccccc3)cc1C2)c1ccccn1. The first-order valence-corrected chi connectivity index (χ1v) is 16.9. The third kappa shape index (κ3) is 4.53. The van der Waals surface area contributed by atoms with E-state index in [4.69, 9.17) is 0 Å². The van der Waals surface area contributed by atoms with E-state index in [1.165, 1.54) is 60.9 Å². The van der Waals surface area contributed by atoms with Gasteiger partial charge in [-0.2, -0.15) is 0 Å². The summed E-state index contributed by atoms with van der Waals surface area (Å²) in [7, 11) is 0. The molecule has 0 radical (unpaired) electrons. The van der Waals surface area contributed by atoms with Crippen LogP contribution >= 0.6 is 0 Å². The number of rotatable bonds is 6. The van der Waals surface area contributed by atoms with Crippen molar-refractivity contribution in [2.75, 3.05) is 4.90 Å². The molecule has 3 nitrogen and oxygen atoms in total. The summed E-state index contributed by atoms with van der Waals surface area (Å²) in [4.78, 5) is 6.47. The van der Waals surface area contributed by atoms with E-state index in [2.05, 4.69) is 131 Å². The lowest BCUT2D eigenvalue weighted by Gasteiger charge is -2.25. The van der Waals surface area contributed by atoms with E-state index in [0.29, 0.717) is 11.5 Å². The zero-order chi connectivity index (χ0) is 33.2. The Morgan fingerprint density at radius 1 is 0.580 bits per heavy atom. The van der Waals surface area contributed by atoms with E-state index in [0.717, 1.165) is 28.9 Å². The summed E-state index contributed by atoms with van der Waals surface area (Å²) < 4.78 is 17.5. The van der Waals surface area contributed by atoms with Crippen LogP contribution in [0.15, 0.2) is 158 Å². The molecule has 0 saturated carbocycles. The molecule has 0 unspecified atom stereocenters. The second-order valence-corrected chi connectivity index (χ2v) is 13.0. The quantitative estimate of drug-likeness (QED) is 0.133. The predicted molar refractivity (Wildman–Crippen MR) is 206 cm³/mol. The molecule has 2 aromatic heterocycles. The van der Waals surface area contributed by atoms with E-state index in [9.17, 15) is 0 Å². The van der Waals surface area contributed by atoms with Crippen molar-refractivity contribution in [2.45, 2.75) is 6.42 Å². The molecule has 50 heavy (non-hydrogen) atoms. The number of aromatic nitrogens is 2. The Hall–Kier alpha value is -6.52. The van der Waals surface area contributed by atoms with Crippen molar-refractivity contribution in [3.8, 4) is 16.8 Å². The largest absolute Gasteiger partial charge is 0.309 e. The molecule has 4 heteroatoms. The maximum absolute atomic E-state index is 15.2. The summed E-state index contributed by atoms with van der Waals surface area (Å²) in [5.41, 5.74) is 12.2. The smallest absolute Gasteiger partial charge is 0.147 e. The number of halogens is 1. The van der Waals surface area contributed by atoms with Gasteiger partial charge in [-0.15, -0.1) is 0 Å². The molecule has 1 aliphatic carbocycles. The minimum atomic E-state index is -0.291. The molecule has 0 atom stereocenters. The van der Waals surface area contributed by atoms with Crippen molar-refractivity contribution < 1.29 is 4.39 Å². The molecule has 0 spiro atoms. The van der Waals surface area contributed by atoms with Gasteiger partial charge in [0.25, 0.3) is 0 Å². The molecule has 0 amide bonds. The normalized spacial score (nSPS) is 12.3. The van der Waals surface area contributed by atoms with Gasteiger partial charge in [-0.05, 0) is 117 Å². The first kappa shape index (κ1) is 28.5. The Morgan fingerprint density at radius 2 is 1.40 bits per heavy atom. The van der Waals surface area contributed by atoms with Gasteiger partial charge in [-0.25, -0.2) is 9.37 Å². The van der Waals surface area contributed by atoms with Crippen LogP contribution < -0.4 is 4.90 Å². The van der Waals surface area contributed by atoms with Crippen LogP contribution in [0.4, 0.5) is 21.6 Å². The lowest BCUT2D eigenvalue weighted by atomic mass is 9.99. The van der Waals surface area contributed by atoms with E-state index in [1.807, 2.05) is 29.2 Å². The molecule has 1 aliphatic rings. The summed E-state index contributed by atoms with van der Waals surface area (Å²) in [6.45, 7) is 0. The van der Waals surface area contributed by atoms with Gasteiger partial charge in [0.05, 0.1) is 16.7 Å². The lowest BCUT2D eigenvalue weighted by Crippen LogP contribution is -2.13. The molecule has 236 valence electrons. The van der Waals surface area contributed by atoms with Crippen molar-refractivity contribution in [2.24, 2.45) is 0 Å². The topological polar surface area (TPSA) is 21.1 Å². The van der Waals surface area contributed by atoms with E-state index < -0.39 is 0 Å². The van der Waals surface area contributed by atoms with Gasteiger partial charge in [0.1, 0.15) is 11.6 Å². The molecule has 0 N–H and O–H groups in total. The molecular weight excluding hydrogens is 614 g/mol. The van der Waals surface area contributed by atoms with Crippen LogP contribution in [-0.4, -0.2) is 9.55 Å². The Labute approximate surface area is 289 Å². The maximum Gasteiger partial charge on any atom is 0.147 e. The first-order valence-electron chi connectivity index (χ1n) is 16.9. The van der Waals surface area contributed by atoms with Crippen molar-refractivity contribution in [1.29, 1.82) is 0 Å². The predicted octanol–water partition coefficient (Wildman–Crippen LogP) is 12.1. The maximum atomic E-state index is 15.2. The highest BCUT2D eigenvalue weighted by molar-refractivity contribution is 6.24. The zero-order valence-corrected chi connectivity index (χ0v) is 27.1. The molecular formula is C46H30FN3. The Kier molecular flexibility index (Phi) is 6.43. The summed E-state index contributed by atoms with van der Waals surface area (Å²) in [5, 5.41) is 5.14. The number of benzene rings is 7. The Morgan fingerprint density at radius 3 is 2.28 bits per heavy atom. The highest BCUT2D eigenvalue weighted by Gasteiger charge is 2.23. The monoisotopic (exact) mass is 643 g/mol. The second kappa shape index (κ2) is 11.3. The van der Waals surface area contributed by atoms with Crippen molar-refractivity contribution in [1.82, 2.24) is 9.55 Å². The highest BCUT2D eigenvalue weighted by Crippen LogP contribution is 2.43. The minimum Gasteiger partial charge on any atom is -0.309 e. The van der Waals surface area contributed by atoms with Gasteiger partial charge in [0.15, 0.2) is 0 Å². The molecule has 0 fully saturated rings. The Balaban J connectivity index is 1.02. The molecule has 0 aliphatic heterocycles. The third-order valence-electron chi connectivity index (χ3n) is 10.0. The fourth-order valence-corrected chi connectivity index (χ4v) is 7.81. The van der Waals surface area contributed by atoms with Crippen molar-refractivity contribution in [3.63, 3.8) is 0 Å². The van der Waals surface area contributed by atoms with Gasteiger partial charge in [0, 0.05) is 28.3 Å². The summed E-state index contributed by atoms with van der Waals surface area (Å²) >= 11 is 0. The van der Waals surface area contributed by atoms with Crippen LogP contribution in [0.1, 0.15) is 22.3 Å². The lowest BCUT2D eigenvalue weighted by molar-refractivity contribution is 0.628. The average Bonchev–Trinajstić information content (AvgIpc) is 3.70. The molecule has 0 saturated heterocycles. The van der Waals surface area contributed by atoms with Crippen molar-refractivity contribution in [3.05, 3.63) is 186 Å². The number of hydrogen-bond acceptors (Lipinski definition) is 2. The molecule has 0 bridgehead atoms. The number of hydrogen-bond donors (Lipinski definition) is 0. The zero-order valence-electron chi connectivity index (χ0n) is 27.1. The van der Waals surface area contributed by atoms with Gasteiger partial charge in [-0.1, -0.05) is 97.1 Å².